The molecule has 0 saturated carbocycles. The van der Waals surface area contributed by atoms with E-state index in [4.69, 9.17) is 10.8 Å². The van der Waals surface area contributed by atoms with Gasteiger partial charge >= 0.3 is 12.0 Å². The van der Waals surface area contributed by atoms with Gasteiger partial charge in [0.05, 0.1) is 0 Å². The van der Waals surface area contributed by atoms with Crippen molar-refractivity contribution in [3.8, 4) is 0 Å². The highest BCUT2D eigenvalue weighted by atomic mass is 19.1. The van der Waals surface area contributed by atoms with Crippen LogP contribution >= 0.6 is 0 Å². The van der Waals surface area contributed by atoms with Gasteiger partial charge in [0.1, 0.15) is 18.9 Å². The number of carbonyl (C=O) groups is 3. The smallest absolute Gasteiger partial charge is 0.323 e. The number of carbonyl (C=O) groups excluding carboxylic acids is 2. The minimum atomic E-state index is -1.26. The van der Waals surface area contributed by atoms with E-state index in [1.54, 1.807) is 0 Å². The molecule has 0 saturated heterocycles. The van der Waals surface area contributed by atoms with Crippen LogP contribution < -0.4 is 11.1 Å². The molecule has 0 spiro atoms. The molecule has 0 unspecified atom stereocenters. The summed E-state index contributed by atoms with van der Waals surface area (Å²) in [4.78, 5) is 33.9. The zero-order valence-corrected chi connectivity index (χ0v) is 10.5. The number of aliphatic carboxylic acids is 1. The monoisotopic (exact) mass is 283 g/mol. The summed E-state index contributed by atoms with van der Waals surface area (Å²) in [6.45, 7) is -1.06. The van der Waals surface area contributed by atoms with Crippen LogP contribution in [0.25, 0.3) is 0 Å². The zero-order valence-electron chi connectivity index (χ0n) is 10.5. The standard InChI is InChI=1S/C12H14FN3O4/c13-9-3-1-8(2-4-9)5-15-12(20)16(6-10(14)17)7-11(18)19/h1-4H,5-7H2,(H2,14,17)(H,15,20)(H,18,19). The summed E-state index contributed by atoms with van der Waals surface area (Å²) in [5.74, 6) is -2.48. The van der Waals surface area contributed by atoms with Crippen LogP contribution in [-0.2, 0) is 16.1 Å². The highest BCUT2D eigenvalue weighted by Crippen LogP contribution is 2.02. The van der Waals surface area contributed by atoms with Crippen molar-refractivity contribution < 1.29 is 23.9 Å². The lowest BCUT2D eigenvalue weighted by Crippen LogP contribution is -2.46. The predicted octanol–water partition coefficient (Wildman–Crippen LogP) is -0.0928. The maximum atomic E-state index is 12.7. The highest BCUT2D eigenvalue weighted by molar-refractivity contribution is 5.85. The van der Waals surface area contributed by atoms with Gasteiger partial charge in [0.15, 0.2) is 0 Å². The van der Waals surface area contributed by atoms with Crippen LogP contribution in [0, 0.1) is 5.82 Å². The van der Waals surface area contributed by atoms with Gasteiger partial charge < -0.3 is 21.1 Å². The molecule has 4 N–H and O–H groups in total. The molecule has 0 aliphatic carbocycles. The number of nitrogens with two attached hydrogens (primary N) is 1. The first kappa shape index (κ1) is 15.4. The second-order valence-corrected chi connectivity index (χ2v) is 4.00. The largest absolute Gasteiger partial charge is 0.480 e. The minimum Gasteiger partial charge on any atom is -0.480 e. The van der Waals surface area contributed by atoms with E-state index >= 15 is 0 Å². The predicted molar refractivity (Wildman–Crippen MR) is 67.0 cm³/mol. The molecule has 0 heterocycles. The van der Waals surface area contributed by atoms with E-state index in [9.17, 15) is 18.8 Å². The Kier molecular flexibility index (Phi) is 5.45. The maximum absolute atomic E-state index is 12.7. The van der Waals surface area contributed by atoms with Crippen molar-refractivity contribution in [1.82, 2.24) is 10.2 Å². The number of halogens is 1. The third kappa shape index (κ3) is 5.34. The number of primary amides is 1. The summed E-state index contributed by atoms with van der Waals surface area (Å²) in [5.41, 5.74) is 5.57. The van der Waals surface area contributed by atoms with Crippen molar-refractivity contribution in [2.45, 2.75) is 6.54 Å². The van der Waals surface area contributed by atoms with Gasteiger partial charge in [-0.15, -0.1) is 0 Å². The summed E-state index contributed by atoms with van der Waals surface area (Å²) in [6, 6.07) is 4.69. The maximum Gasteiger partial charge on any atom is 0.323 e. The van der Waals surface area contributed by atoms with Crippen molar-refractivity contribution in [2.75, 3.05) is 13.1 Å². The van der Waals surface area contributed by atoms with Crippen molar-refractivity contribution >= 4 is 17.9 Å². The Balaban J connectivity index is 2.58. The van der Waals surface area contributed by atoms with Crippen LogP contribution in [0.2, 0.25) is 0 Å². The summed E-state index contributed by atoms with van der Waals surface area (Å²) < 4.78 is 12.7. The van der Waals surface area contributed by atoms with Crippen LogP contribution in [0.15, 0.2) is 24.3 Å². The highest BCUT2D eigenvalue weighted by Gasteiger charge is 2.18. The lowest BCUT2D eigenvalue weighted by Gasteiger charge is -2.19. The molecule has 7 nitrogen and oxygen atoms in total. The van der Waals surface area contributed by atoms with Gasteiger partial charge in [-0.25, -0.2) is 9.18 Å². The fraction of sp³-hybridized carbons (Fsp3) is 0.250. The van der Waals surface area contributed by atoms with Gasteiger partial charge in [-0.1, -0.05) is 12.1 Å². The van der Waals surface area contributed by atoms with Gasteiger partial charge in [0.2, 0.25) is 5.91 Å². The second-order valence-electron chi connectivity index (χ2n) is 4.00. The summed E-state index contributed by atoms with van der Waals surface area (Å²) >= 11 is 0. The Labute approximate surface area is 114 Å². The molecular formula is C12H14FN3O4. The van der Waals surface area contributed by atoms with Crippen molar-refractivity contribution in [3.63, 3.8) is 0 Å². The average Bonchev–Trinajstić information content (AvgIpc) is 2.36. The molecule has 0 aliphatic rings. The summed E-state index contributed by atoms with van der Waals surface area (Å²) in [6.07, 6.45) is 0. The van der Waals surface area contributed by atoms with Crippen LogP contribution in [0.4, 0.5) is 9.18 Å². The average molecular weight is 283 g/mol. The minimum absolute atomic E-state index is 0.0774. The molecule has 0 aromatic heterocycles. The SMILES string of the molecule is NC(=O)CN(CC(=O)O)C(=O)NCc1ccc(F)cc1. The van der Waals surface area contributed by atoms with Crippen LogP contribution in [0.5, 0.6) is 0 Å². The number of rotatable bonds is 6. The van der Waals surface area contributed by atoms with E-state index in [-0.39, 0.29) is 6.54 Å². The summed E-state index contributed by atoms with van der Waals surface area (Å²) in [7, 11) is 0. The topological polar surface area (TPSA) is 113 Å². The molecule has 3 amide bonds. The number of carboxylic acids is 1. The first-order valence-electron chi connectivity index (χ1n) is 5.66. The number of benzene rings is 1. The summed E-state index contributed by atoms with van der Waals surface area (Å²) in [5, 5.41) is 11.1. The number of hydrogen-bond donors (Lipinski definition) is 3. The molecule has 1 aromatic rings. The fourth-order valence-corrected chi connectivity index (χ4v) is 1.44. The number of hydrogen-bond acceptors (Lipinski definition) is 3. The van der Waals surface area contributed by atoms with E-state index in [0.29, 0.717) is 5.56 Å². The van der Waals surface area contributed by atoms with E-state index in [0.717, 1.165) is 4.90 Å². The van der Waals surface area contributed by atoms with Crippen LogP contribution in [0.1, 0.15) is 5.56 Å². The fourth-order valence-electron chi connectivity index (χ4n) is 1.44. The number of amides is 3. The molecule has 1 aromatic carbocycles. The zero-order chi connectivity index (χ0) is 15.1. The lowest BCUT2D eigenvalue weighted by atomic mass is 10.2. The molecule has 20 heavy (non-hydrogen) atoms. The molecule has 1 rings (SSSR count). The first-order chi connectivity index (χ1) is 9.38. The van der Waals surface area contributed by atoms with E-state index in [1.807, 2.05) is 0 Å². The normalized spacial score (nSPS) is 9.85. The van der Waals surface area contributed by atoms with Gasteiger partial charge in [-0.3, -0.25) is 9.59 Å². The third-order valence-corrected chi connectivity index (χ3v) is 2.32. The number of carboxylic acid groups (broad SMARTS) is 1. The van der Waals surface area contributed by atoms with E-state index in [1.165, 1.54) is 24.3 Å². The van der Waals surface area contributed by atoms with E-state index in [2.05, 4.69) is 5.32 Å². The molecule has 0 fully saturated rings. The lowest BCUT2D eigenvalue weighted by molar-refractivity contribution is -0.137. The molecule has 108 valence electrons. The number of nitrogens with zero attached hydrogens (tertiary/aromatic N) is 1. The van der Waals surface area contributed by atoms with Gasteiger partial charge in [-0.2, -0.15) is 0 Å². The molecule has 0 radical (unpaired) electrons. The number of nitrogens with one attached hydrogen (secondary N) is 1. The van der Waals surface area contributed by atoms with Crippen LogP contribution in [-0.4, -0.2) is 41.0 Å². The van der Waals surface area contributed by atoms with E-state index < -0.39 is 36.8 Å². The molecule has 0 aliphatic heterocycles. The Morgan fingerprint density at radius 3 is 2.30 bits per heavy atom. The Bertz CT molecular complexity index is 488. The van der Waals surface area contributed by atoms with Crippen molar-refractivity contribution in [2.24, 2.45) is 5.73 Å². The quantitative estimate of drug-likeness (QED) is 0.677. The Hall–Kier alpha value is -2.64. The molecular weight excluding hydrogens is 269 g/mol. The first-order valence-corrected chi connectivity index (χ1v) is 5.66. The third-order valence-electron chi connectivity index (χ3n) is 2.32. The van der Waals surface area contributed by atoms with Gasteiger partial charge in [0.25, 0.3) is 0 Å². The Morgan fingerprint density at radius 1 is 1.20 bits per heavy atom. The van der Waals surface area contributed by atoms with Gasteiger partial charge in [-0.05, 0) is 17.7 Å². The second kappa shape index (κ2) is 7.07. The van der Waals surface area contributed by atoms with Crippen LogP contribution in [0.3, 0.4) is 0 Å². The Morgan fingerprint density at radius 2 is 1.80 bits per heavy atom. The number of urea groups is 1. The van der Waals surface area contributed by atoms with Crippen molar-refractivity contribution in [1.29, 1.82) is 0 Å². The molecule has 0 atom stereocenters. The molecule has 8 heteroatoms. The molecule has 0 bridgehead atoms. The van der Waals surface area contributed by atoms with Gasteiger partial charge in [0, 0.05) is 6.54 Å². The van der Waals surface area contributed by atoms with Crippen molar-refractivity contribution in [3.05, 3.63) is 35.6 Å².